The summed E-state index contributed by atoms with van der Waals surface area (Å²) in [5, 5.41) is 0. The summed E-state index contributed by atoms with van der Waals surface area (Å²) in [6.45, 7) is 5.15. The van der Waals surface area contributed by atoms with E-state index in [-0.39, 0.29) is 0 Å². The summed E-state index contributed by atoms with van der Waals surface area (Å²) in [6.07, 6.45) is 9.74. The molecule has 3 nitrogen and oxygen atoms in total. The number of hydrogen-bond donors (Lipinski definition) is 0. The second kappa shape index (κ2) is 7.55. The molecule has 1 fully saturated rings. The van der Waals surface area contributed by atoms with Gasteiger partial charge in [-0.25, -0.2) is 9.97 Å². The van der Waals surface area contributed by atoms with Crippen LogP contribution < -0.4 is 0 Å². The summed E-state index contributed by atoms with van der Waals surface area (Å²) in [5.41, 5.74) is 5.25. The van der Waals surface area contributed by atoms with Crippen molar-refractivity contribution in [2.75, 3.05) is 6.54 Å². The van der Waals surface area contributed by atoms with Crippen LogP contribution in [0.2, 0.25) is 0 Å². The van der Waals surface area contributed by atoms with Crippen molar-refractivity contribution in [2.24, 2.45) is 0 Å². The Bertz CT molecular complexity index is 753. The average Bonchev–Trinajstić information content (AvgIpc) is 2.64. The SMILES string of the molecule is Cc1ccc(CN2CCc3nc(C4CCCCC4)ncc3C2)c(Br)c1. The van der Waals surface area contributed by atoms with E-state index < -0.39 is 0 Å². The van der Waals surface area contributed by atoms with Gasteiger partial charge in [0.15, 0.2) is 0 Å². The molecular formula is C21H26BrN3. The highest BCUT2D eigenvalue weighted by molar-refractivity contribution is 9.10. The van der Waals surface area contributed by atoms with Crippen LogP contribution in [0.3, 0.4) is 0 Å². The van der Waals surface area contributed by atoms with Gasteiger partial charge in [-0.1, -0.05) is 47.3 Å². The van der Waals surface area contributed by atoms with Gasteiger partial charge in [0.1, 0.15) is 5.82 Å². The molecule has 2 aromatic rings. The molecule has 0 amide bonds. The molecule has 1 aromatic heterocycles. The van der Waals surface area contributed by atoms with Gasteiger partial charge in [-0.2, -0.15) is 0 Å². The van der Waals surface area contributed by atoms with E-state index in [0.29, 0.717) is 5.92 Å². The molecule has 2 aliphatic rings. The maximum Gasteiger partial charge on any atom is 0.131 e. The molecule has 0 N–H and O–H groups in total. The summed E-state index contributed by atoms with van der Waals surface area (Å²) in [7, 11) is 0. The van der Waals surface area contributed by atoms with E-state index in [4.69, 9.17) is 9.97 Å². The monoisotopic (exact) mass is 399 g/mol. The molecule has 0 unspecified atom stereocenters. The fourth-order valence-electron chi connectivity index (χ4n) is 4.10. The molecule has 4 heteroatoms. The second-order valence-electron chi connectivity index (χ2n) is 7.59. The fraction of sp³-hybridized carbons (Fsp3) is 0.524. The van der Waals surface area contributed by atoms with Crippen LogP contribution in [0.25, 0.3) is 0 Å². The van der Waals surface area contributed by atoms with Crippen LogP contribution in [0.5, 0.6) is 0 Å². The Kier molecular flexibility index (Phi) is 5.18. The highest BCUT2D eigenvalue weighted by atomic mass is 79.9. The highest BCUT2D eigenvalue weighted by Gasteiger charge is 2.23. The van der Waals surface area contributed by atoms with Gasteiger partial charge in [-0.05, 0) is 37.0 Å². The Hall–Kier alpha value is -1.26. The van der Waals surface area contributed by atoms with Gasteiger partial charge in [-0.15, -0.1) is 0 Å². The first kappa shape index (κ1) is 17.2. The van der Waals surface area contributed by atoms with Gasteiger partial charge < -0.3 is 0 Å². The van der Waals surface area contributed by atoms with E-state index in [9.17, 15) is 0 Å². The molecule has 1 aromatic carbocycles. The lowest BCUT2D eigenvalue weighted by Gasteiger charge is -2.29. The largest absolute Gasteiger partial charge is 0.294 e. The Morgan fingerprint density at radius 2 is 2.04 bits per heavy atom. The Labute approximate surface area is 159 Å². The molecule has 2 heterocycles. The third-order valence-electron chi connectivity index (χ3n) is 5.60. The Balaban J connectivity index is 1.46. The number of aryl methyl sites for hydroxylation is 1. The first-order chi connectivity index (χ1) is 12.2. The van der Waals surface area contributed by atoms with Crippen molar-refractivity contribution in [1.29, 1.82) is 0 Å². The standard InChI is InChI=1S/C21H26BrN3/c1-15-7-8-17(19(22)11-15)13-25-10-9-20-18(14-25)12-23-21(24-20)16-5-3-2-4-6-16/h7-8,11-12,16H,2-6,9-10,13-14H2,1H3. The minimum Gasteiger partial charge on any atom is -0.294 e. The maximum atomic E-state index is 4.96. The number of fused-ring (bicyclic) bond motifs is 1. The number of benzene rings is 1. The minimum absolute atomic E-state index is 0.598. The fourth-order valence-corrected chi connectivity index (χ4v) is 4.72. The van der Waals surface area contributed by atoms with E-state index in [1.165, 1.54) is 59.0 Å². The molecule has 0 atom stereocenters. The molecular weight excluding hydrogens is 374 g/mol. The molecule has 132 valence electrons. The Morgan fingerprint density at radius 3 is 2.84 bits per heavy atom. The van der Waals surface area contributed by atoms with E-state index in [2.05, 4.69) is 52.1 Å². The number of rotatable bonds is 3. The second-order valence-corrected chi connectivity index (χ2v) is 8.44. The van der Waals surface area contributed by atoms with E-state index >= 15 is 0 Å². The molecule has 4 rings (SSSR count). The zero-order valence-corrected chi connectivity index (χ0v) is 16.6. The predicted octanol–water partition coefficient (Wildman–Crippen LogP) is 5.15. The number of nitrogens with zero attached hydrogens (tertiary/aromatic N) is 3. The number of aromatic nitrogens is 2. The van der Waals surface area contributed by atoms with Crippen LogP contribution in [0.1, 0.15) is 66.2 Å². The molecule has 0 radical (unpaired) electrons. The molecule has 25 heavy (non-hydrogen) atoms. The van der Waals surface area contributed by atoms with E-state index in [0.717, 1.165) is 31.9 Å². The lowest BCUT2D eigenvalue weighted by molar-refractivity contribution is 0.241. The molecule has 1 saturated carbocycles. The van der Waals surface area contributed by atoms with Crippen molar-refractivity contribution in [3.63, 3.8) is 0 Å². The highest BCUT2D eigenvalue weighted by Crippen LogP contribution is 2.31. The van der Waals surface area contributed by atoms with Crippen LogP contribution in [0.15, 0.2) is 28.9 Å². The van der Waals surface area contributed by atoms with Gasteiger partial charge in [0.05, 0.1) is 0 Å². The van der Waals surface area contributed by atoms with Gasteiger partial charge in [0.25, 0.3) is 0 Å². The molecule has 0 saturated heterocycles. The van der Waals surface area contributed by atoms with Crippen molar-refractivity contribution in [2.45, 2.75) is 64.5 Å². The summed E-state index contributed by atoms with van der Waals surface area (Å²) < 4.78 is 1.21. The third kappa shape index (κ3) is 3.95. The lowest BCUT2D eigenvalue weighted by Crippen LogP contribution is -2.31. The minimum atomic E-state index is 0.598. The average molecular weight is 400 g/mol. The van der Waals surface area contributed by atoms with Crippen molar-refractivity contribution in [1.82, 2.24) is 14.9 Å². The van der Waals surface area contributed by atoms with Crippen LogP contribution >= 0.6 is 15.9 Å². The molecule has 0 spiro atoms. The Morgan fingerprint density at radius 1 is 1.20 bits per heavy atom. The van der Waals surface area contributed by atoms with Crippen LogP contribution in [0.4, 0.5) is 0 Å². The zero-order valence-electron chi connectivity index (χ0n) is 15.0. The van der Waals surface area contributed by atoms with Gasteiger partial charge in [-0.3, -0.25) is 4.90 Å². The van der Waals surface area contributed by atoms with Gasteiger partial charge in [0.2, 0.25) is 0 Å². The molecule has 0 bridgehead atoms. The van der Waals surface area contributed by atoms with Crippen molar-refractivity contribution in [3.05, 3.63) is 57.1 Å². The summed E-state index contributed by atoms with van der Waals surface area (Å²) in [5.74, 6) is 1.70. The topological polar surface area (TPSA) is 29.0 Å². The maximum absolute atomic E-state index is 4.96. The summed E-state index contributed by atoms with van der Waals surface area (Å²) in [4.78, 5) is 12.2. The summed E-state index contributed by atoms with van der Waals surface area (Å²) >= 11 is 3.71. The predicted molar refractivity (Wildman–Crippen MR) is 105 cm³/mol. The van der Waals surface area contributed by atoms with Crippen LogP contribution in [-0.4, -0.2) is 21.4 Å². The third-order valence-corrected chi connectivity index (χ3v) is 6.34. The van der Waals surface area contributed by atoms with Crippen molar-refractivity contribution >= 4 is 15.9 Å². The molecule has 1 aliphatic carbocycles. The first-order valence-electron chi connectivity index (χ1n) is 9.51. The number of hydrogen-bond acceptors (Lipinski definition) is 3. The first-order valence-corrected chi connectivity index (χ1v) is 10.3. The van der Waals surface area contributed by atoms with Crippen LogP contribution in [0, 0.1) is 6.92 Å². The van der Waals surface area contributed by atoms with Crippen molar-refractivity contribution < 1.29 is 0 Å². The lowest BCUT2D eigenvalue weighted by atomic mass is 9.88. The van der Waals surface area contributed by atoms with E-state index in [1.54, 1.807) is 0 Å². The van der Waals surface area contributed by atoms with E-state index in [1.807, 2.05) is 0 Å². The quantitative estimate of drug-likeness (QED) is 0.713. The van der Waals surface area contributed by atoms with Crippen molar-refractivity contribution in [3.8, 4) is 0 Å². The normalized spacial score (nSPS) is 19.0. The van der Waals surface area contributed by atoms with Gasteiger partial charge in [0, 0.05) is 53.9 Å². The smallest absolute Gasteiger partial charge is 0.131 e. The molecule has 1 aliphatic heterocycles. The summed E-state index contributed by atoms with van der Waals surface area (Å²) in [6, 6.07) is 6.63. The zero-order chi connectivity index (χ0) is 17.2. The van der Waals surface area contributed by atoms with Crippen LogP contribution in [-0.2, 0) is 19.5 Å². The van der Waals surface area contributed by atoms with Gasteiger partial charge >= 0.3 is 0 Å². The number of halogens is 1.